The molecule has 3 aromatic rings. The Morgan fingerprint density at radius 3 is 2.88 bits per heavy atom. The summed E-state index contributed by atoms with van der Waals surface area (Å²) in [5.74, 6) is 0.509. The van der Waals surface area contributed by atoms with Gasteiger partial charge in [-0.25, -0.2) is 14.1 Å². The van der Waals surface area contributed by atoms with Crippen LogP contribution in [-0.4, -0.2) is 30.8 Å². The van der Waals surface area contributed by atoms with Gasteiger partial charge in [0.25, 0.3) is 5.56 Å². The van der Waals surface area contributed by atoms with E-state index < -0.39 is 0 Å². The molecule has 0 atom stereocenters. The molecule has 130 valence electrons. The van der Waals surface area contributed by atoms with Gasteiger partial charge in [-0.1, -0.05) is 12.1 Å². The first kappa shape index (κ1) is 16.0. The number of hydrogen-bond acceptors (Lipinski definition) is 4. The van der Waals surface area contributed by atoms with Crippen LogP contribution in [0.4, 0.5) is 4.39 Å². The highest BCUT2D eigenvalue weighted by atomic mass is 19.1. The largest absolute Gasteiger partial charge is 0.294 e. The quantitative estimate of drug-likeness (QED) is 0.734. The maximum absolute atomic E-state index is 13.4. The lowest BCUT2D eigenvalue weighted by atomic mass is 10.2. The van der Waals surface area contributed by atoms with Gasteiger partial charge in [-0.2, -0.15) is 5.10 Å². The third kappa shape index (κ3) is 2.84. The molecule has 0 fully saturated rings. The van der Waals surface area contributed by atoms with Crippen molar-refractivity contribution in [3.05, 3.63) is 58.0 Å². The first-order valence-electron chi connectivity index (χ1n) is 8.46. The lowest BCUT2D eigenvalue weighted by molar-refractivity contribution is 0.204. The lowest BCUT2D eigenvalue weighted by Gasteiger charge is -2.29. The molecule has 1 aliphatic rings. The molecule has 0 N–H and O–H groups in total. The highest BCUT2D eigenvalue weighted by Gasteiger charge is 2.22. The summed E-state index contributed by atoms with van der Waals surface area (Å²) in [5, 5.41) is 4.87. The molecular formula is C18H20FN5O. The summed E-state index contributed by atoms with van der Waals surface area (Å²) in [4.78, 5) is 19.6. The number of fused-ring (bicyclic) bond motifs is 2. The number of hydrogen-bond donors (Lipinski definition) is 0. The Hall–Kier alpha value is -2.54. The number of nitrogens with zero attached hydrogens (tertiary/aromatic N) is 5. The van der Waals surface area contributed by atoms with E-state index in [0.29, 0.717) is 30.7 Å². The molecule has 0 saturated heterocycles. The van der Waals surface area contributed by atoms with Gasteiger partial charge >= 0.3 is 0 Å². The summed E-state index contributed by atoms with van der Waals surface area (Å²) in [7, 11) is 0. The molecule has 0 spiro atoms. The van der Waals surface area contributed by atoms with Gasteiger partial charge < -0.3 is 0 Å². The van der Waals surface area contributed by atoms with E-state index in [1.807, 2.05) is 19.9 Å². The number of aromatic nitrogens is 4. The van der Waals surface area contributed by atoms with Crippen LogP contribution in [0, 0.1) is 5.82 Å². The van der Waals surface area contributed by atoms with E-state index >= 15 is 0 Å². The first-order chi connectivity index (χ1) is 12.0. The van der Waals surface area contributed by atoms with E-state index in [4.69, 9.17) is 4.98 Å². The minimum absolute atomic E-state index is 0.0303. The van der Waals surface area contributed by atoms with E-state index in [-0.39, 0.29) is 17.4 Å². The van der Waals surface area contributed by atoms with E-state index in [9.17, 15) is 9.18 Å². The van der Waals surface area contributed by atoms with Crippen molar-refractivity contribution in [2.45, 2.75) is 39.5 Å². The highest BCUT2D eigenvalue weighted by molar-refractivity contribution is 5.73. The second-order valence-corrected chi connectivity index (χ2v) is 6.75. The van der Waals surface area contributed by atoms with Crippen LogP contribution >= 0.6 is 0 Å². The van der Waals surface area contributed by atoms with Gasteiger partial charge in [0.05, 0.1) is 12.7 Å². The third-order valence-electron chi connectivity index (χ3n) is 4.58. The van der Waals surface area contributed by atoms with Crippen LogP contribution in [0.2, 0.25) is 0 Å². The van der Waals surface area contributed by atoms with Crippen LogP contribution < -0.4 is 5.56 Å². The van der Waals surface area contributed by atoms with Gasteiger partial charge in [0.15, 0.2) is 5.65 Å². The van der Waals surface area contributed by atoms with Gasteiger partial charge in [-0.3, -0.25) is 14.3 Å². The van der Waals surface area contributed by atoms with Crippen molar-refractivity contribution in [1.82, 2.24) is 24.2 Å². The van der Waals surface area contributed by atoms with E-state index in [1.165, 1.54) is 6.07 Å². The molecule has 0 saturated carbocycles. The van der Waals surface area contributed by atoms with Crippen molar-refractivity contribution in [1.29, 1.82) is 0 Å². The average Bonchev–Trinajstić information content (AvgIpc) is 2.99. The lowest BCUT2D eigenvalue weighted by Crippen LogP contribution is -2.39. The van der Waals surface area contributed by atoms with Crippen LogP contribution in [0.1, 0.15) is 31.3 Å². The normalized spacial score (nSPS) is 15.0. The first-order valence-corrected chi connectivity index (χ1v) is 8.46. The van der Waals surface area contributed by atoms with Crippen LogP contribution in [0.3, 0.4) is 0 Å². The molecule has 6 nitrogen and oxygen atoms in total. The van der Waals surface area contributed by atoms with Gasteiger partial charge in [0.2, 0.25) is 0 Å². The SMILES string of the molecule is CC(C)n1ncc2c(=O)n3c(nc21)CN(Cc1cccc(F)c1)CC3. The zero-order chi connectivity index (χ0) is 17.6. The molecule has 0 radical (unpaired) electrons. The number of rotatable bonds is 3. The van der Waals surface area contributed by atoms with Crippen molar-refractivity contribution in [2.75, 3.05) is 6.54 Å². The van der Waals surface area contributed by atoms with Crippen molar-refractivity contribution >= 4 is 11.0 Å². The Morgan fingerprint density at radius 1 is 1.28 bits per heavy atom. The maximum Gasteiger partial charge on any atom is 0.264 e. The summed E-state index contributed by atoms with van der Waals surface area (Å²) in [6.07, 6.45) is 1.61. The fraction of sp³-hybridized carbons (Fsp3) is 0.389. The molecule has 4 rings (SSSR count). The Labute approximate surface area is 144 Å². The summed E-state index contributed by atoms with van der Waals surface area (Å²) in [6.45, 7) is 6.54. The summed E-state index contributed by atoms with van der Waals surface area (Å²) in [6, 6.07) is 6.76. The molecule has 0 amide bonds. The zero-order valence-electron chi connectivity index (χ0n) is 14.3. The highest BCUT2D eigenvalue weighted by Crippen LogP contribution is 2.18. The van der Waals surface area contributed by atoms with Gasteiger partial charge in [0, 0.05) is 25.7 Å². The standard InChI is InChI=1S/C18H20FN5O/c1-12(2)24-17-15(9-20-24)18(25)23-7-6-22(11-16(23)21-17)10-13-4-3-5-14(19)8-13/h3-5,8-9,12H,6-7,10-11H2,1-2H3. The van der Waals surface area contributed by atoms with Gasteiger partial charge in [-0.05, 0) is 31.5 Å². The molecule has 1 aromatic carbocycles. The predicted molar refractivity (Wildman–Crippen MR) is 92.7 cm³/mol. The van der Waals surface area contributed by atoms with Crippen LogP contribution in [-0.2, 0) is 19.6 Å². The van der Waals surface area contributed by atoms with Crippen molar-refractivity contribution in [2.24, 2.45) is 0 Å². The summed E-state index contributed by atoms with van der Waals surface area (Å²) in [5.41, 5.74) is 1.53. The molecule has 7 heteroatoms. The predicted octanol–water partition coefficient (Wildman–Crippen LogP) is 2.33. The third-order valence-corrected chi connectivity index (χ3v) is 4.58. The van der Waals surface area contributed by atoms with Crippen LogP contribution in [0.25, 0.3) is 11.0 Å². The smallest absolute Gasteiger partial charge is 0.264 e. The number of benzene rings is 1. The van der Waals surface area contributed by atoms with Crippen molar-refractivity contribution in [3.8, 4) is 0 Å². The van der Waals surface area contributed by atoms with E-state index in [0.717, 1.165) is 17.9 Å². The Morgan fingerprint density at radius 2 is 2.12 bits per heavy atom. The van der Waals surface area contributed by atoms with Gasteiger partial charge in [-0.15, -0.1) is 0 Å². The van der Waals surface area contributed by atoms with Crippen LogP contribution in [0.15, 0.2) is 35.3 Å². The number of halogens is 1. The Balaban J connectivity index is 1.68. The molecule has 1 aliphatic heterocycles. The second kappa shape index (κ2) is 6.07. The molecule has 25 heavy (non-hydrogen) atoms. The average molecular weight is 341 g/mol. The summed E-state index contributed by atoms with van der Waals surface area (Å²) >= 11 is 0. The second-order valence-electron chi connectivity index (χ2n) is 6.75. The molecule has 2 aromatic heterocycles. The molecule has 0 unspecified atom stereocenters. The monoisotopic (exact) mass is 341 g/mol. The van der Waals surface area contributed by atoms with E-state index in [1.54, 1.807) is 27.6 Å². The topological polar surface area (TPSA) is 56.0 Å². The van der Waals surface area contributed by atoms with Crippen LogP contribution in [0.5, 0.6) is 0 Å². The van der Waals surface area contributed by atoms with E-state index in [2.05, 4.69) is 10.00 Å². The molecular weight excluding hydrogens is 321 g/mol. The van der Waals surface area contributed by atoms with Crippen molar-refractivity contribution in [3.63, 3.8) is 0 Å². The molecule has 0 aliphatic carbocycles. The fourth-order valence-corrected chi connectivity index (χ4v) is 3.34. The molecule has 3 heterocycles. The fourth-order valence-electron chi connectivity index (χ4n) is 3.34. The summed E-state index contributed by atoms with van der Waals surface area (Å²) < 4.78 is 16.9. The minimum Gasteiger partial charge on any atom is -0.294 e. The Bertz CT molecular complexity index is 991. The Kier molecular flexibility index (Phi) is 3.88. The van der Waals surface area contributed by atoms with Crippen molar-refractivity contribution < 1.29 is 4.39 Å². The maximum atomic E-state index is 13.4. The molecule has 0 bridgehead atoms. The minimum atomic E-state index is -0.230. The zero-order valence-corrected chi connectivity index (χ0v) is 14.3. The van der Waals surface area contributed by atoms with Gasteiger partial charge in [0.1, 0.15) is 17.0 Å².